The molecular weight excluding hydrogens is 394 g/mol. The van der Waals surface area contributed by atoms with Crippen molar-refractivity contribution in [1.82, 2.24) is 20.0 Å². The molecule has 150 valence electrons. The van der Waals surface area contributed by atoms with Crippen LogP contribution in [0.3, 0.4) is 0 Å². The molecule has 4 rings (SSSR count). The van der Waals surface area contributed by atoms with Crippen molar-refractivity contribution < 1.29 is 4.79 Å². The summed E-state index contributed by atoms with van der Waals surface area (Å²) in [5, 5.41) is 5.00. The number of para-hydroxylation sites is 2. The maximum absolute atomic E-state index is 12.3. The Bertz CT molecular complexity index is 1170. The second-order valence-corrected chi connectivity index (χ2v) is 7.65. The molecule has 0 radical (unpaired) electrons. The van der Waals surface area contributed by atoms with Crippen LogP contribution in [0.2, 0.25) is 0 Å². The van der Waals surface area contributed by atoms with Crippen molar-refractivity contribution in [3.8, 4) is 0 Å². The highest BCUT2D eigenvalue weighted by atomic mass is 32.2. The lowest BCUT2D eigenvalue weighted by Crippen LogP contribution is -2.21. The minimum Gasteiger partial charge on any atom is -0.314 e. The van der Waals surface area contributed by atoms with Crippen molar-refractivity contribution >= 4 is 34.4 Å². The van der Waals surface area contributed by atoms with E-state index in [0.29, 0.717) is 6.54 Å². The first-order valence-electron chi connectivity index (χ1n) is 9.56. The highest BCUT2D eigenvalue weighted by molar-refractivity contribution is 7.99. The third-order valence-electron chi connectivity index (χ3n) is 4.58. The predicted molar refractivity (Wildman–Crippen MR) is 121 cm³/mol. The number of nitrogens with zero attached hydrogens (tertiary/aromatic N) is 4. The molecule has 6 nitrogen and oxygen atoms in total. The van der Waals surface area contributed by atoms with Gasteiger partial charge in [-0.25, -0.2) is 10.4 Å². The van der Waals surface area contributed by atoms with E-state index in [1.165, 1.54) is 17.3 Å². The molecule has 0 saturated heterocycles. The number of rotatable bonds is 7. The summed E-state index contributed by atoms with van der Waals surface area (Å²) in [6.45, 7) is 2.55. The first kappa shape index (κ1) is 19.8. The van der Waals surface area contributed by atoms with E-state index in [0.717, 1.165) is 27.5 Å². The number of carbonyl (C=O) groups is 1. The number of benzene rings is 2. The van der Waals surface area contributed by atoms with Crippen LogP contribution >= 0.6 is 11.8 Å². The number of thioether (sulfide) groups is 1. The first-order valence-corrected chi connectivity index (χ1v) is 10.5. The van der Waals surface area contributed by atoms with E-state index in [-0.39, 0.29) is 11.7 Å². The predicted octanol–water partition coefficient (Wildman–Crippen LogP) is 4.11. The third-order valence-corrected chi connectivity index (χ3v) is 5.56. The van der Waals surface area contributed by atoms with E-state index < -0.39 is 0 Å². The van der Waals surface area contributed by atoms with Crippen molar-refractivity contribution in [2.75, 3.05) is 5.75 Å². The van der Waals surface area contributed by atoms with Gasteiger partial charge in [0.05, 0.1) is 29.0 Å². The van der Waals surface area contributed by atoms with Gasteiger partial charge in [-0.3, -0.25) is 9.78 Å². The van der Waals surface area contributed by atoms with Crippen LogP contribution in [0.25, 0.3) is 11.0 Å². The monoisotopic (exact) mass is 415 g/mol. The molecule has 0 aliphatic carbocycles. The quantitative estimate of drug-likeness (QED) is 0.280. The summed E-state index contributed by atoms with van der Waals surface area (Å²) in [7, 11) is 0. The second-order valence-electron chi connectivity index (χ2n) is 6.71. The molecule has 7 heteroatoms. The van der Waals surface area contributed by atoms with Gasteiger partial charge in [0.1, 0.15) is 0 Å². The number of imidazole rings is 1. The van der Waals surface area contributed by atoms with E-state index >= 15 is 0 Å². The fourth-order valence-corrected chi connectivity index (χ4v) is 3.85. The number of hydrazone groups is 1. The molecule has 0 aliphatic rings. The Kier molecular flexibility index (Phi) is 6.20. The van der Waals surface area contributed by atoms with Gasteiger partial charge in [0.2, 0.25) is 0 Å². The lowest BCUT2D eigenvalue weighted by molar-refractivity contribution is -0.118. The van der Waals surface area contributed by atoms with Crippen LogP contribution in [0.4, 0.5) is 0 Å². The highest BCUT2D eigenvalue weighted by Gasteiger charge is 2.13. The molecule has 0 saturated carbocycles. The lowest BCUT2D eigenvalue weighted by atomic mass is 10.2. The number of fused-ring (bicyclic) bond motifs is 1. The van der Waals surface area contributed by atoms with Gasteiger partial charge in [-0.15, -0.1) is 0 Å². The third kappa shape index (κ3) is 4.75. The Hall–Kier alpha value is -3.45. The van der Waals surface area contributed by atoms with Gasteiger partial charge in [0.15, 0.2) is 5.16 Å². The van der Waals surface area contributed by atoms with E-state index in [2.05, 4.69) is 38.3 Å². The minimum atomic E-state index is -0.174. The van der Waals surface area contributed by atoms with Gasteiger partial charge in [0.25, 0.3) is 5.91 Å². The minimum absolute atomic E-state index is 0.174. The molecule has 0 fully saturated rings. The average molecular weight is 416 g/mol. The molecule has 0 unspecified atom stereocenters. The Morgan fingerprint density at radius 2 is 1.77 bits per heavy atom. The van der Waals surface area contributed by atoms with Crippen LogP contribution in [0.1, 0.15) is 18.1 Å². The van der Waals surface area contributed by atoms with Crippen LogP contribution in [-0.2, 0) is 11.3 Å². The molecule has 2 aromatic heterocycles. The number of nitrogens with one attached hydrogen (secondary N) is 1. The van der Waals surface area contributed by atoms with Crippen LogP contribution in [0.15, 0.2) is 89.4 Å². The Balaban J connectivity index is 1.47. The zero-order chi connectivity index (χ0) is 20.8. The number of aromatic nitrogens is 3. The topological polar surface area (TPSA) is 72.2 Å². The summed E-state index contributed by atoms with van der Waals surface area (Å²) in [6, 6.07) is 22.0. The van der Waals surface area contributed by atoms with Crippen LogP contribution < -0.4 is 5.43 Å². The Labute approximate surface area is 179 Å². The maximum atomic E-state index is 12.3. The number of hydrogen-bond donors (Lipinski definition) is 1. The van der Waals surface area contributed by atoms with Crippen molar-refractivity contribution in [1.29, 1.82) is 0 Å². The van der Waals surface area contributed by atoms with Gasteiger partial charge in [0, 0.05) is 18.0 Å². The summed E-state index contributed by atoms with van der Waals surface area (Å²) in [5.41, 5.74) is 7.43. The number of pyridine rings is 1. The SMILES string of the molecule is C/C(=N/NC(=O)CSc1nc2ccccc2n1Cc1ccccc1)c1ccncc1. The molecular formula is C23H21N5OS. The van der Waals surface area contributed by atoms with Crippen molar-refractivity contribution in [3.63, 3.8) is 0 Å². The van der Waals surface area contributed by atoms with E-state index in [9.17, 15) is 4.79 Å². The average Bonchev–Trinajstić information content (AvgIpc) is 3.14. The largest absolute Gasteiger partial charge is 0.314 e. The molecule has 0 atom stereocenters. The summed E-state index contributed by atoms with van der Waals surface area (Å²) < 4.78 is 2.15. The number of hydrogen-bond acceptors (Lipinski definition) is 5. The van der Waals surface area contributed by atoms with Gasteiger partial charge in [-0.2, -0.15) is 5.10 Å². The highest BCUT2D eigenvalue weighted by Crippen LogP contribution is 2.25. The first-order chi connectivity index (χ1) is 14.7. The van der Waals surface area contributed by atoms with E-state index in [1.807, 2.05) is 55.5 Å². The van der Waals surface area contributed by atoms with E-state index in [4.69, 9.17) is 4.98 Å². The van der Waals surface area contributed by atoms with Crippen molar-refractivity contribution in [2.24, 2.45) is 5.10 Å². The van der Waals surface area contributed by atoms with E-state index in [1.54, 1.807) is 12.4 Å². The molecule has 30 heavy (non-hydrogen) atoms. The summed E-state index contributed by atoms with van der Waals surface area (Å²) in [4.78, 5) is 21.1. The van der Waals surface area contributed by atoms with Crippen LogP contribution in [0, 0.1) is 0 Å². The summed E-state index contributed by atoms with van der Waals surface area (Å²) in [5.74, 6) is 0.0531. The molecule has 0 aliphatic heterocycles. The molecule has 2 aromatic carbocycles. The smallest absolute Gasteiger partial charge is 0.250 e. The second kappa shape index (κ2) is 9.37. The lowest BCUT2D eigenvalue weighted by Gasteiger charge is -2.09. The maximum Gasteiger partial charge on any atom is 0.250 e. The zero-order valence-electron chi connectivity index (χ0n) is 16.5. The number of amides is 1. The zero-order valence-corrected chi connectivity index (χ0v) is 17.3. The molecule has 0 spiro atoms. The summed E-state index contributed by atoms with van der Waals surface area (Å²) in [6.07, 6.45) is 3.40. The van der Waals surface area contributed by atoms with Gasteiger partial charge >= 0.3 is 0 Å². The van der Waals surface area contributed by atoms with Crippen LogP contribution in [0.5, 0.6) is 0 Å². The fraction of sp³-hybridized carbons (Fsp3) is 0.130. The molecule has 1 amide bonds. The standard InChI is InChI=1S/C23H21N5OS/c1-17(19-11-13-24-14-12-19)26-27-22(29)16-30-23-25-20-9-5-6-10-21(20)28(23)15-18-7-3-2-4-8-18/h2-14H,15-16H2,1H3,(H,27,29)/b26-17-. The molecule has 4 aromatic rings. The van der Waals surface area contributed by atoms with Crippen molar-refractivity contribution in [3.05, 3.63) is 90.3 Å². The number of carbonyl (C=O) groups excluding carboxylic acids is 1. The van der Waals surface area contributed by atoms with Gasteiger partial charge in [-0.1, -0.05) is 54.2 Å². The molecule has 2 heterocycles. The fourth-order valence-electron chi connectivity index (χ4n) is 3.05. The Morgan fingerprint density at radius 3 is 2.57 bits per heavy atom. The summed E-state index contributed by atoms with van der Waals surface area (Å²) >= 11 is 1.41. The van der Waals surface area contributed by atoms with Gasteiger partial charge in [-0.05, 0) is 36.8 Å². The molecule has 0 bridgehead atoms. The Morgan fingerprint density at radius 1 is 1.03 bits per heavy atom. The van der Waals surface area contributed by atoms with Crippen molar-refractivity contribution in [2.45, 2.75) is 18.6 Å². The van der Waals surface area contributed by atoms with Gasteiger partial charge < -0.3 is 4.57 Å². The van der Waals surface area contributed by atoms with Crippen LogP contribution in [-0.4, -0.2) is 31.9 Å². The molecule has 1 N–H and O–H groups in total. The normalized spacial score (nSPS) is 11.6.